The first-order valence-corrected chi connectivity index (χ1v) is 8.23. The third-order valence-corrected chi connectivity index (χ3v) is 4.96. The van der Waals surface area contributed by atoms with Crippen LogP contribution in [-0.2, 0) is 14.3 Å². The summed E-state index contributed by atoms with van der Waals surface area (Å²) in [4.78, 5) is 12.3. The molecule has 116 valence electrons. The first-order valence-electron chi connectivity index (χ1n) is 6.82. The van der Waals surface area contributed by atoms with E-state index >= 15 is 0 Å². The van der Waals surface area contributed by atoms with E-state index in [0.717, 1.165) is 12.0 Å². The van der Waals surface area contributed by atoms with E-state index in [1.54, 1.807) is 12.1 Å². The largest absolute Gasteiger partial charge is 0.465 e. The smallest absolute Gasteiger partial charge is 0.407 e. The second-order valence-corrected chi connectivity index (χ2v) is 6.88. The van der Waals surface area contributed by atoms with E-state index in [0.29, 0.717) is 19.5 Å². The summed E-state index contributed by atoms with van der Waals surface area (Å²) in [5.74, 6) is 0.161. The van der Waals surface area contributed by atoms with Crippen LogP contribution in [0, 0.1) is 12.8 Å². The van der Waals surface area contributed by atoms with Crippen LogP contribution in [0.2, 0.25) is 0 Å². The molecule has 21 heavy (non-hydrogen) atoms. The van der Waals surface area contributed by atoms with Crippen LogP contribution in [0.5, 0.6) is 0 Å². The molecule has 1 aliphatic heterocycles. The molecule has 1 saturated heterocycles. The molecule has 1 aliphatic rings. The molecule has 6 nitrogen and oxygen atoms in total. The molecule has 0 radical (unpaired) electrons. The molecule has 0 aliphatic carbocycles. The van der Waals surface area contributed by atoms with Gasteiger partial charge in [0.05, 0.1) is 11.5 Å². The standard InChI is InChI=1S/C14H19NO5S/c1-11-2-4-13(5-3-11)21(18,19)20-9-7-12-6-8-15(10-12)14(16)17/h2-5,12H,6-10H2,1H3,(H,16,17)/t12-/m1/s1. The third kappa shape index (κ3) is 4.18. The molecule has 0 spiro atoms. The van der Waals surface area contributed by atoms with Crippen molar-refractivity contribution in [3.63, 3.8) is 0 Å². The van der Waals surface area contributed by atoms with Crippen LogP contribution in [0.25, 0.3) is 0 Å². The lowest BCUT2D eigenvalue weighted by molar-refractivity contribution is 0.153. The van der Waals surface area contributed by atoms with Gasteiger partial charge in [0, 0.05) is 13.1 Å². The number of hydrogen-bond donors (Lipinski definition) is 1. The van der Waals surface area contributed by atoms with Crippen molar-refractivity contribution < 1.29 is 22.5 Å². The van der Waals surface area contributed by atoms with Crippen LogP contribution in [0.15, 0.2) is 29.2 Å². The van der Waals surface area contributed by atoms with Crippen LogP contribution in [0.4, 0.5) is 4.79 Å². The molecule has 0 unspecified atom stereocenters. The maximum absolute atomic E-state index is 12.0. The van der Waals surface area contributed by atoms with Crippen LogP contribution >= 0.6 is 0 Å². The van der Waals surface area contributed by atoms with Gasteiger partial charge in [0.25, 0.3) is 10.1 Å². The zero-order chi connectivity index (χ0) is 15.5. The lowest BCUT2D eigenvalue weighted by atomic mass is 10.1. The maximum atomic E-state index is 12.0. The number of carbonyl (C=O) groups is 1. The molecule has 1 heterocycles. The Balaban J connectivity index is 1.83. The van der Waals surface area contributed by atoms with E-state index < -0.39 is 16.2 Å². The monoisotopic (exact) mass is 313 g/mol. The zero-order valence-corrected chi connectivity index (χ0v) is 12.7. The molecule has 0 aromatic heterocycles. The first-order chi connectivity index (χ1) is 9.88. The highest BCUT2D eigenvalue weighted by molar-refractivity contribution is 7.86. The summed E-state index contributed by atoms with van der Waals surface area (Å²) in [6.45, 7) is 2.91. The van der Waals surface area contributed by atoms with E-state index in [2.05, 4.69) is 0 Å². The average Bonchev–Trinajstić information content (AvgIpc) is 2.88. The number of hydrogen-bond acceptors (Lipinski definition) is 4. The molecule has 1 fully saturated rings. The molecule has 1 aromatic carbocycles. The Hall–Kier alpha value is -1.60. The number of amides is 1. The highest BCUT2D eigenvalue weighted by Gasteiger charge is 2.26. The molecule has 1 atom stereocenters. The van der Waals surface area contributed by atoms with E-state index in [-0.39, 0.29) is 17.4 Å². The predicted molar refractivity (Wildman–Crippen MR) is 76.6 cm³/mol. The van der Waals surface area contributed by atoms with Crippen molar-refractivity contribution in [2.75, 3.05) is 19.7 Å². The van der Waals surface area contributed by atoms with Gasteiger partial charge < -0.3 is 10.0 Å². The van der Waals surface area contributed by atoms with Crippen molar-refractivity contribution in [1.29, 1.82) is 0 Å². The zero-order valence-electron chi connectivity index (χ0n) is 11.9. The summed E-state index contributed by atoms with van der Waals surface area (Å²) >= 11 is 0. The molecule has 1 N–H and O–H groups in total. The Kier molecular flexibility index (Phi) is 4.84. The summed E-state index contributed by atoms with van der Waals surface area (Å²) in [6, 6.07) is 6.48. The second-order valence-electron chi connectivity index (χ2n) is 5.26. The lowest BCUT2D eigenvalue weighted by Gasteiger charge is -2.12. The van der Waals surface area contributed by atoms with Crippen molar-refractivity contribution in [3.8, 4) is 0 Å². The quantitative estimate of drug-likeness (QED) is 0.842. The van der Waals surface area contributed by atoms with Gasteiger partial charge in [0.15, 0.2) is 0 Å². The molecular weight excluding hydrogens is 294 g/mol. The number of carboxylic acid groups (broad SMARTS) is 1. The van der Waals surface area contributed by atoms with E-state index in [1.807, 2.05) is 6.92 Å². The van der Waals surface area contributed by atoms with Crippen LogP contribution < -0.4 is 0 Å². The molecule has 0 bridgehead atoms. The fraction of sp³-hybridized carbons (Fsp3) is 0.500. The van der Waals surface area contributed by atoms with Crippen molar-refractivity contribution in [2.45, 2.75) is 24.7 Å². The van der Waals surface area contributed by atoms with Gasteiger partial charge in [0.1, 0.15) is 0 Å². The molecule has 2 rings (SSSR count). The topological polar surface area (TPSA) is 83.9 Å². The lowest BCUT2D eigenvalue weighted by Crippen LogP contribution is -2.26. The number of likely N-dealkylation sites (tertiary alicyclic amines) is 1. The van der Waals surface area contributed by atoms with Gasteiger partial charge in [0.2, 0.25) is 0 Å². The normalized spacial score (nSPS) is 18.9. The third-order valence-electron chi connectivity index (χ3n) is 3.63. The first kappa shape index (κ1) is 15.8. The van der Waals surface area contributed by atoms with Gasteiger partial charge in [-0.3, -0.25) is 4.18 Å². The van der Waals surface area contributed by atoms with E-state index in [9.17, 15) is 13.2 Å². The van der Waals surface area contributed by atoms with Crippen LogP contribution in [0.3, 0.4) is 0 Å². The number of nitrogens with zero attached hydrogens (tertiary/aromatic N) is 1. The molecule has 7 heteroatoms. The highest BCUT2D eigenvalue weighted by atomic mass is 32.2. The Bertz CT molecular complexity index is 596. The van der Waals surface area contributed by atoms with Gasteiger partial charge in [-0.1, -0.05) is 17.7 Å². The van der Waals surface area contributed by atoms with Gasteiger partial charge >= 0.3 is 6.09 Å². The Labute approximate surface area is 124 Å². The van der Waals surface area contributed by atoms with Crippen molar-refractivity contribution in [3.05, 3.63) is 29.8 Å². The van der Waals surface area contributed by atoms with Gasteiger partial charge in [-0.05, 0) is 37.8 Å². The minimum atomic E-state index is -3.73. The van der Waals surface area contributed by atoms with Gasteiger partial charge in [-0.15, -0.1) is 0 Å². The number of rotatable bonds is 5. The summed E-state index contributed by atoms with van der Waals surface area (Å²) < 4.78 is 28.9. The Morgan fingerprint density at radius 2 is 2.05 bits per heavy atom. The van der Waals surface area contributed by atoms with Gasteiger partial charge in [-0.25, -0.2) is 4.79 Å². The summed E-state index contributed by atoms with van der Waals surface area (Å²) in [7, 11) is -3.73. The fourth-order valence-electron chi connectivity index (χ4n) is 2.34. The van der Waals surface area contributed by atoms with Gasteiger partial charge in [-0.2, -0.15) is 8.42 Å². The van der Waals surface area contributed by atoms with E-state index in [1.165, 1.54) is 17.0 Å². The Morgan fingerprint density at radius 1 is 1.38 bits per heavy atom. The van der Waals surface area contributed by atoms with Crippen LogP contribution in [0.1, 0.15) is 18.4 Å². The maximum Gasteiger partial charge on any atom is 0.407 e. The highest BCUT2D eigenvalue weighted by Crippen LogP contribution is 2.21. The van der Waals surface area contributed by atoms with E-state index in [4.69, 9.17) is 9.29 Å². The fourth-order valence-corrected chi connectivity index (χ4v) is 3.26. The van der Waals surface area contributed by atoms with Crippen molar-refractivity contribution >= 4 is 16.2 Å². The number of aryl methyl sites for hydroxylation is 1. The summed E-state index contributed by atoms with van der Waals surface area (Å²) in [5, 5.41) is 8.86. The molecule has 1 amide bonds. The molecule has 0 saturated carbocycles. The van der Waals surface area contributed by atoms with Crippen molar-refractivity contribution in [2.24, 2.45) is 5.92 Å². The molecule has 1 aromatic rings. The average molecular weight is 313 g/mol. The minimum Gasteiger partial charge on any atom is -0.465 e. The van der Waals surface area contributed by atoms with Crippen LogP contribution in [-0.4, -0.2) is 44.2 Å². The SMILES string of the molecule is Cc1ccc(S(=O)(=O)OCC[C@H]2CCN(C(=O)O)C2)cc1. The summed E-state index contributed by atoms with van der Waals surface area (Å²) in [6.07, 6.45) is 0.362. The minimum absolute atomic E-state index is 0.0777. The molecular formula is C14H19NO5S. The Morgan fingerprint density at radius 3 is 2.62 bits per heavy atom. The summed E-state index contributed by atoms with van der Waals surface area (Å²) in [5.41, 5.74) is 0.980. The van der Waals surface area contributed by atoms with Crippen molar-refractivity contribution in [1.82, 2.24) is 4.90 Å². The number of benzene rings is 1. The predicted octanol–water partition coefficient (Wildman–Crippen LogP) is 2.09. The second kappa shape index (κ2) is 6.44.